The van der Waals surface area contributed by atoms with Gasteiger partial charge < -0.3 is 4.57 Å². The van der Waals surface area contributed by atoms with Crippen molar-refractivity contribution in [2.24, 2.45) is 7.05 Å². The lowest BCUT2D eigenvalue weighted by Gasteiger charge is -2.07. The molecular formula is C19H15N5O3S. The molecule has 4 aromatic rings. The van der Waals surface area contributed by atoms with Gasteiger partial charge in [-0.3, -0.25) is 25.8 Å². The molecule has 4 rings (SSSR count). The SMILES string of the molecule is Cn1c(-c2ccc(C(=O)NNc3ccc([N+](=O)[O-])cc3)s2)nc2ccccc21. The Morgan fingerprint density at radius 3 is 2.57 bits per heavy atom. The summed E-state index contributed by atoms with van der Waals surface area (Å²) in [6.45, 7) is 0. The first-order chi connectivity index (χ1) is 13.5. The van der Waals surface area contributed by atoms with Crippen molar-refractivity contribution in [3.05, 3.63) is 75.7 Å². The lowest BCUT2D eigenvalue weighted by atomic mass is 10.3. The number of nitrogens with zero attached hydrogens (tertiary/aromatic N) is 3. The zero-order valence-electron chi connectivity index (χ0n) is 14.7. The largest absolute Gasteiger partial charge is 0.326 e. The number of para-hydroxylation sites is 2. The van der Waals surface area contributed by atoms with E-state index in [0.717, 1.165) is 21.7 Å². The number of aromatic nitrogens is 2. The number of fused-ring (bicyclic) bond motifs is 1. The molecule has 8 nitrogen and oxygen atoms in total. The Balaban J connectivity index is 1.48. The summed E-state index contributed by atoms with van der Waals surface area (Å²) in [7, 11) is 1.94. The third-order valence-corrected chi connectivity index (χ3v) is 5.32. The second-order valence-corrected chi connectivity index (χ2v) is 7.11. The fourth-order valence-corrected chi connectivity index (χ4v) is 3.73. The summed E-state index contributed by atoms with van der Waals surface area (Å²) in [5, 5.41) is 10.7. The number of nitro groups is 1. The lowest BCUT2D eigenvalue weighted by molar-refractivity contribution is -0.384. The minimum atomic E-state index is -0.476. The quantitative estimate of drug-likeness (QED) is 0.395. The van der Waals surface area contributed by atoms with Gasteiger partial charge in [0.1, 0.15) is 0 Å². The molecule has 0 bridgehead atoms. The van der Waals surface area contributed by atoms with Gasteiger partial charge >= 0.3 is 0 Å². The molecule has 0 saturated carbocycles. The topological polar surface area (TPSA) is 102 Å². The summed E-state index contributed by atoms with van der Waals surface area (Å²) in [4.78, 5) is 28.6. The van der Waals surface area contributed by atoms with Crippen molar-refractivity contribution in [2.45, 2.75) is 0 Å². The summed E-state index contributed by atoms with van der Waals surface area (Å²) in [5.74, 6) is 0.502. The Labute approximate surface area is 163 Å². The molecule has 0 aliphatic heterocycles. The van der Waals surface area contributed by atoms with Gasteiger partial charge in [0, 0.05) is 19.2 Å². The van der Waals surface area contributed by atoms with Crippen LogP contribution in [0.2, 0.25) is 0 Å². The molecule has 0 saturated heterocycles. The highest BCUT2D eigenvalue weighted by Gasteiger charge is 2.15. The summed E-state index contributed by atoms with van der Waals surface area (Å²) in [6.07, 6.45) is 0. The maximum absolute atomic E-state index is 12.4. The smallest absolute Gasteiger partial charge is 0.279 e. The molecule has 1 amide bonds. The number of nitrogens with one attached hydrogen (secondary N) is 2. The van der Waals surface area contributed by atoms with Crippen LogP contribution >= 0.6 is 11.3 Å². The van der Waals surface area contributed by atoms with Crippen molar-refractivity contribution < 1.29 is 9.72 Å². The van der Waals surface area contributed by atoms with Crippen LogP contribution < -0.4 is 10.9 Å². The number of hydrogen-bond donors (Lipinski definition) is 2. The van der Waals surface area contributed by atoms with E-state index in [1.807, 2.05) is 41.9 Å². The van der Waals surface area contributed by atoms with E-state index in [2.05, 4.69) is 15.8 Å². The number of hydrazine groups is 1. The van der Waals surface area contributed by atoms with Gasteiger partial charge in [-0.15, -0.1) is 11.3 Å². The van der Waals surface area contributed by atoms with Crippen molar-refractivity contribution in [3.63, 3.8) is 0 Å². The number of hydrogen-bond acceptors (Lipinski definition) is 6. The van der Waals surface area contributed by atoms with Gasteiger partial charge in [0.2, 0.25) is 0 Å². The van der Waals surface area contributed by atoms with E-state index >= 15 is 0 Å². The highest BCUT2D eigenvalue weighted by molar-refractivity contribution is 7.17. The molecule has 140 valence electrons. The Morgan fingerprint density at radius 2 is 1.86 bits per heavy atom. The number of anilines is 1. The van der Waals surface area contributed by atoms with Crippen molar-refractivity contribution in [2.75, 3.05) is 5.43 Å². The molecule has 2 aromatic carbocycles. The second-order valence-electron chi connectivity index (χ2n) is 6.03. The Bertz CT molecular complexity index is 1180. The van der Waals surface area contributed by atoms with E-state index < -0.39 is 4.92 Å². The van der Waals surface area contributed by atoms with Crippen LogP contribution in [0.5, 0.6) is 0 Å². The van der Waals surface area contributed by atoms with E-state index in [1.54, 1.807) is 6.07 Å². The van der Waals surface area contributed by atoms with Gasteiger partial charge in [-0.25, -0.2) is 4.98 Å². The van der Waals surface area contributed by atoms with E-state index in [1.165, 1.54) is 35.6 Å². The van der Waals surface area contributed by atoms with Crippen LogP contribution in [0.15, 0.2) is 60.7 Å². The predicted octanol–water partition coefficient (Wildman–Crippen LogP) is 3.97. The number of benzene rings is 2. The zero-order valence-corrected chi connectivity index (χ0v) is 15.6. The van der Waals surface area contributed by atoms with Gasteiger partial charge in [0.15, 0.2) is 5.82 Å². The molecule has 9 heteroatoms. The van der Waals surface area contributed by atoms with Crippen LogP contribution in [-0.4, -0.2) is 20.4 Å². The average Bonchev–Trinajstić information content (AvgIpc) is 3.32. The summed E-state index contributed by atoms with van der Waals surface area (Å²) < 4.78 is 2.00. The van der Waals surface area contributed by atoms with E-state index in [9.17, 15) is 14.9 Å². The Morgan fingerprint density at radius 1 is 1.11 bits per heavy atom. The number of nitro benzene ring substituents is 1. The molecule has 0 atom stereocenters. The van der Waals surface area contributed by atoms with Gasteiger partial charge in [0.25, 0.3) is 11.6 Å². The van der Waals surface area contributed by atoms with Crippen molar-refractivity contribution in [1.82, 2.24) is 15.0 Å². The molecule has 2 heterocycles. The Hall–Kier alpha value is -3.72. The van der Waals surface area contributed by atoms with Crippen molar-refractivity contribution in [1.29, 1.82) is 0 Å². The monoisotopic (exact) mass is 393 g/mol. The first kappa shape index (κ1) is 17.7. The number of imidazole rings is 1. The molecule has 2 N–H and O–H groups in total. The third kappa shape index (κ3) is 3.30. The van der Waals surface area contributed by atoms with Crippen LogP contribution in [-0.2, 0) is 7.05 Å². The average molecular weight is 393 g/mol. The number of carbonyl (C=O) groups is 1. The molecular weight excluding hydrogens is 378 g/mol. The minimum absolute atomic E-state index is 0.0118. The highest BCUT2D eigenvalue weighted by Crippen LogP contribution is 2.29. The van der Waals surface area contributed by atoms with Gasteiger partial charge in [0.05, 0.1) is 31.4 Å². The van der Waals surface area contributed by atoms with Crippen molar-refractivity contribution >= 4 is 39.7 Å². The fraction of sp³-hybridized carbons (Fsp3) is 0.0526. The summed E-state index contributed by atoms with van der Waals surface area (Å²) >= 11 is 1.34. The van der Waals surface area contributed by atoms with Crippen LogP contribution in [0.1, 0.15) is 9.67 Å². The first-order valence-corrected chi connectivity index (χ1v) is 9.17. The van der Waals surface area contributed by atoms with Crippen molar-refractivity contribution in [3.8, 4) is 10.7 Å². The third-order valence-electron chi connectivity index (χ3n) is 4.24. The number of non-ortho nitro benzene ring substituents is 1. The predicted molar refractivity (Wildman–Crippen MR) is 108 cm³/mol. The maximum Gasteiger partial charge on any atom is 0.279 e. The molecule has 0 aliphatic rings. The van der Waals surface area contributed by atoms with E-state index in [-0.39, 0.29) is 11.6 Å². The number of rotatable bonds is 5. The van der Waals surface area contributed by atoms with Crippen LogP contribution in [0.25, 0.3) is 21.7 Å². The van der Waals surface area contributed by atoms with E-state index in [0.29, 0.717) is 10.6 Å². The molecule has 2 aromatic heterocycles. The summed E-state index contributed by atoms with van der Waals surface area (Å²) in [5.41, 5.74) is 7.81. The second kappa shape index (κ2) is 7.12. The van der Waals surface area contributed by atoms with Crippen LogP contribution in [0, 0.1) is 10.1 Å². The van der Waals surface area contributed by atoms with Crippen LogP contribution in [0.3, 0.4) is 0 Å². The minimum Gasteiger partial charge on any atom is -0.326 e. The van der Waals surface area contributed by atoms with Crippen LogP contribution in [0.4, 0.5) is 11.4 Å². The number of carbonyl (C=O) groups excluding carboxylic acids is 1. The molecule has 0 spiro atoms. The van der Waals surface area contributed by atoms with Gasteiger partial charge in [-0.05, 0) is 36.4 Å². The number of thiophene rings is 1. The molecule has 0 radical (unpaired) electrons. The first-order valence-electron chi connectivity index (χ1n) is 8.35. The normalized spacial score (nSPS) is 10.8. The number of amides is 1. The summed E-state index contributed by atoms with van der Waals surface area (Å²) in [6, 6.07) is 17.2. The molecule has 0 fully saturated rings. The zero-order chi connectivity index (χ0) is 19.7. The van der Waals surface area contributed by atoms with Gasteiger partial charge in [-0.2, -0.15) is 0 Å². The standard InChI is InChI=1S/C19H15N5O3S/c1-23-15-5-3-2-4-14(15)20-18(23)16-10-11-17(28-16)19(25)22-21-12-6-8-13(9-7-12)24(26)27/h2-11,21H,1H3,(H,22,25). The molecule has 0 unspecified atom stereocenters. The Kier molecular flexibility index (Phi) is 4.50. The highest BCUT2D eigenvalue weighted by atomic mass is 32.1. The fourth-order valence-electron chi connectivity index (χ4n) is 2.80. The molecule has 28 heavy (non-hydrogen) atoms. The van der Waals surface area contributed by atoms with E-state index in [4.69, 9.17) is 0 Å². The maximum atomic E-state index is 12.4. The molecule has 0 aliphatic carbocycles. The number of aryl methyl sites for hydroxylation is 1. The lowest BCUT2D eigenvalue weighted by Crippen LogP contribution is -2.28. The van der Waals surface area contributed by atoms with Gasteiger partial charge in [-0.1, -0.05) is 12.1 Å².